The second-order valence-electron chi connectivity index (χ2n) is 8.68. The Bertz CT molecular complexity index is 570. The second-order valence-corrected chi connectivity index (χ2v) is 10.2. The SMILES string of the molecule is CC(C)CCCCCC(CCCCCC(C)C)(C(=O)O)C(C(=O)O)S(=O)(=O)O.[Na]. The van der Waals surface area contributed by atoms with Crippen molar-refractivity contribution in [2.75, 3.05) is 0 Å². The van der Waals surface area contributed by atoms with Crippen LogP contribution in [0.25, 0.3) is 0 Å². The van der Waals surface area contributed by atoms with E-state index in [0.717, 1.165) is 25.7 Å². The van der Waals surface area contributed by atoms with Crippen LogP contribution in [-0.4, -0.2) is 69.9 Å². The summed E-state index contributed by atoms with van der Waals surface area (Å²) in [6.45, 7) is 8.32. The number of hydrogen-bond acceptors (Lipinski definition) is 4. The molecule has 0 aliphatic carbocycles. The molecule has 0 amide bonds. The third-order valence-corrected chi connectivity index (χ3v) is 6.51. The summed E-state index contributed by atoms with van der Waals surface area (Å²) in [5.41, 5.74) is -2.02. The minimum Gasteiger partial charge on any atom is -0.481 e. The van der Waals surface area contributed by atoms with Gasteiger partial charge in [0.05, 0.1) is 5.41 Å². The Morgan fingerprint density at radius 1 is 0.793 bits per heavy atom. The summed E-state index contributed by atoms with van der Waals surface area (Å²) in [6.07, 6.45) is 5.71. The van der Waals surface area contributed by atoms with E-state index in [2.05, 4.69) is 27.7 Å². The van der Waals surface area contributed by atoms with Crippen LogP contribution < -0.4 is 0 Å². The molecule has 0 aromatic rings. The van der Waals surface area contributed by atoms with E-state index in [1.807, 2.05) is 0 Å². The Labute approximate surface area is 198 Å². The minimum absolute atomic E-state index is 0. The number of carboxylic acids is 2. The molecule has 0 aliphatic heterocycles. The van der Waals surface area contributed by atoms with Crippen LogP contribution in [0, 0.1) is 17.3 Å². The van der Waals surface area contributed by atoms with Gasteiger partial charge in [-0.15, -0.1) is 0 Å². The number of rotatable bonds is 16. The molecule has 0 saturated carbocycles. The molecule has 0 aromatic heterocycles. The monoisotopic (exact) mass is 445 g/mol. The van der Waals surface area contributed by atoms with Crippen LogP contribution in [0.1, 0.15) is 91.9 Å². The van der Waals surface area contributed by atoms with Gasteiger partial charge in [-0.1, -0.05) is 79.1 Å². The average molecular weight is 446 g/mol. The summed E-state index contributed by atoms with van der Waals surface area (Å²) < 4.78 is 33.1. The Kier molecular flexibility index (Phi) is 15.8. The first-order valence-corrected chi connectivity index (χ1v) is 11.8. The van der Waals surface area contributed by atoms with Crippen molar-refractivity contribution < 1.29 is 32.8 Å². The Hall–Kier alpha value is -0.150. The summed E-state index contributed by atoms with van der Waals surface area (Å²) in [7, 11) is -5.06. The van der Waals surface area contributed by atoms with E-state index in [-0.39, 0.29) is 42.4 Å². The van der Waals surface area contributed by atoms with Gasteiger partial charge in [0.25, 0.3) is 10.1 Å². The predicted octanol–water partition coefficient (Wildman–Crippen LogP) is 4.23. The quantitative estimate of drug-likeness (QED) is 0.184. The predicted molar refractivity (Wildman–Crippen MR) is 115 cm³/mol. The van der Waals surface area contributed by atoms with E-state index in [1.165, 1.54) is 0 Å². The van der Waals surface area contributed by atoms with Gasteiger partial charge in [-0.2, -0.15) is 8.42 Å². The summed E-state index contributed by atoms with van der Waals surface area (Å²) in [5.74, 6) is -2.26. The van der Waals surface area contributed by atoms with E-state index >= 15 is 0 Å². The fourth-order valence-electron chi connectivity index (χ4n) is 3.70. The maximum absolute atomic E-state index is 12.1. The van der Waals surface area contributed by atoms with Crippen molar-refractivity contribution in [1.29, 1.82) is 0 Å². The molecule has 0 fully saturated rings. The molecule has 29 heavy (non-hydrogen) atoms. The fourth-order valence-corrected chi connectivity index (χ4v) is 4.86. The number of carboxylic acid groups (broad SMARTS) is 2. The van der Waals surface area contributed by atoms with Crippen molar-refractivity contribution in [1.82, 2.24) is 0 Å². The zero-order chi connectivity index (χ0) is 22.0. The third kappa shape index (κ3) is 11.7. The average Bonchev–Trinajstić information content (AvgIpc) is 2.51. The van der Waals surface area contributed by atoms with E-state index in [1.54, 1.807) is 0 Å². The zero-order valence-corrected chi connectivity index (χ0v) is 21.5. The van der Waals surface area contributed by atoms with Gasteiger partial charge in [0.2, 0.25) is 0 Å². The standard InChI is InChI=1S/C20H38O7S.Na/c1-15(2)11-7-5-9-13-20(19(23)24,14-10-6-8-12-16(3)4)17(18(21)22)28(25,26)27;/h15-17H,5-14H2,1-4H3,(H,21,22)(H,23,24)(H,25,26,27);. The van der Waals surface area contributed by atoms with Gasteiger partial charge in [0.15, 0.2) is 5.25 Å². The Morgan fingerprint density at radius 2 is 1.17 bits per heavy atom. The van der Waals surface area contributed by atoms with E-state index < -0.39 is 32.7 Å². The molecule has 0 aliphatic rings. The van der Waals surface area contributed by atoms with E-state index in [9.17, 15) is 32.8 Å². The molecule has 1 radical (unpaired) electrons. The minimum atomic E-state index is -5.06. The van der Waals surface area contributed by atoms with Crippen molar-refractivity contribution >= 4 is 51.6 Å². The topological polar surface area (TPSA) is 129 Å². The molecule has 9 heteroatoms. The zero-order valence-electron chi connectivity index (χ0n) is 18.7. The van der Waals surface area contributed by atoms with Crippen LogP contribution >= 0.6 is 0 Å². The third-order valence-electron chi connectivity index (χ3n) is 5.26. The van der Waals surface area contributed by atoms with Gasteiger partial charge in [-0.25, -0.2) is 0 Å². The fraction of sp³-hybridized carbons (Fsp3) is 0.900. The first-order valence-electron chi connectivity index (χ1n) is 10.3. The molecule has 7 nitrogen and oxygen atoms in total. The van der Waals surface area contributed by atoms with Gasteiger partial charge in [0, 0.05) is 29.6 Å². The molecular weight excluding hydrogens is 407 g/mol. The number of carbonyl (C=O) groups is 2. The van der Waals surface area contributed by atoms with Crippen LogP contribution in [0.2, 0.25) is 0 Å². The molecule has 1 unspecified atom stereocenters. The normalized spacial score (nSPS) is 13.3. The summed E-state index contributed by atoms with van der Waals surface area (Å²) in [4.78, 5) is 23.8. The number of hydrogen-bond donors (Lipinski definition) is 3. The summed E-state index contributed by atoms with van der Waals surface area (Å²) >= 11 is 0. The molecule has 0 spiro atoms. The van der Waals surface area contributed by atoms with Gasteiger partial charge < -0.3 is 10.2 Å². The van der Waals surface area contributed by atoms with Crippen LogP contribution in [0.4, 0.5) is 0 Å². The van der Waals surface area contributed by atoms with Crippen molar-refractivity contribution in [2.24, 2.45) is 17.3 Å². The molecular formula is C20H38NaO7S. The van der Waals surface area contributed by atoms with Crippen LogP contribution in [-0.2, 0) is 19.7 Å². The Balaban J connectivity index is 0. The molecule has 0 aromatic carbocycles. The second kappa shape index (κ2) is 14.8. The van der Waals surface area contributed by atoms with Crippen molar-refractivity contribution in [3.05, 3.63) is 0 Å². The van der Waals surface area contributed by atoms with Crippen molar-refractivity contribution in [3.8, 4) is 0 Å². The molecule has 1 atom stereocenters. The van der Waals surface area contributed by atoms with Crippen molar-refractivity contribution in [3.63, 3.8) is 0 Å². The first kappa shape index (κ1) is 31.0. The maximum atomic E-state index is 12.1. The van der Waals surface area contributed by atoms with Crippen LogP contribution in [0.5, 0.6) is 0 Å². The van der Waals surface area contributed by atoms with Gasteiger partial charge in [-0.3, -0.25) is 14.1 Å². The van der Waals surface area contributed by atoms with Crippen molar-refractivity contribution in [2.45, 2.75) is 97.2 Å². The maximum Gasteiger partial charge on any atom is 0.325 e. The van der Waals surface area contributed by atoms with Crippen LogP contribution in [0.3, 0.4) is 0 Å². The molecule has 167 valence electrons. The summed E-state index contributed by atoms with van der Waals surface area (Å²) in [6, 6.07) is 0. The number of aliphatic carboxylic acids is 2. The first-order chi connectivity index (χ1) is 12.8. The van der Waals surface area contributed by atoms with E-state index in [0.29, 0.717) is 37.5 Å². The van der Waals surface area contributed by atoms with Crippen LogP contribution in [0.15, 0.2) is 0 Å². The van der Waals surface area contributed by atoms with E-state index in [4.69, 9.17) is 0 Å². The molecule has 0 bridgehead atoms. The summed E-state index contributed by atoms with van der Waals surface area (Å²) in [5, 5.41) is 16.9. The largest absolute Gasteiger partial charge is 0.481 e. The molecule has 3 N–H and O–H groups in total. The number of unbranched alkanes of at least 4 members (excludes halogenated alkanes) is 4. The van der Waals surface area contributed by atoms with Gasteiger partial charge >= 0.3 is 11.9 Å². The molecule has 0 saturated heterocycles. The van der Waals surface area contributed by atoms with Gasteiger partial charge in [0.1, 0.15) is 0 Å². The molecule has 0 heterocycles. The smallest absolute Gasteiger partial charge is 0.325 e. The Morgan fingerprint density at radius 3 is 1.41 bits per heavy atom. The molecule has 0 rings (SSSR count). The van der Waals surface area contributed by atoms with Gasteiger partial charge in [-0.05, 0) is 24.7 Å².